The van der Waals surface area contributed by atoms with E-state index in [1.165, 1.54) is 0 Å². The SMILES string of the molecule is COc1ccc(SCc2cccc(C(=O)NN)c2)cc1. The Bertz CT molecular complexity index is 585. The summed E-state index contributed by atoms with van der Waals surface area (Å²) in [4.78, 5) is 12.6. The Morgan fingerprint density at radius 2 is 2.00 bits per heavy atom. The highest BCUT2D eigenvalue weighted by Crippen LogP contribution is 2.25. The number of carbonyl (C=O) groups is 1. The second-order valence-corrected chi connectivity index (χ2v) is 5.19. The molecule has 0 aliphatic carbocycles. The van der Waals surface area contributed by atoms with Crippen molar-refractivity contribution < 1.29 is 9.53 Å². The maximum atomic E-state index is 11.5. The van der Waals surface area contributed by atoms with Crippen LogP contribution in [0.15, 0.2) is 53.4 Å². The van der Waals surface area contributed by atoms with Crippen molar-refractivity contribution in [2.24, 2.45) is 5.84 Å². The van der Waals surface area contributed by atoms with Gasteiger partial charge in [-0.2, -0.15) is 0 Å². The lowest BCUT2D eigenvalue weighted by Gasteiger charge is -2.05. The van der Waals surface area contributed by atoms with Gasteiger partial charge in [-0.3, -0.25) is 10.2 Å². The van der Waals surface area contributed by atoms with Gasteiger partial charge in [-0.15, -0.1) is 11.8 Å². The fourth-order valence-corrected chi connectivity index (χ4v) is 2.57. The van der Waals surface area contributed by atoms with E-state index < -0.39 is 0 Å². The number of thioether (sulfide) groups is 1. The first kappa shape index (κ1) is 14.4. The average molecular weight is 288 g/mol. The number of nitrogens with one attached hydrogen (secondary N) is 1. The van der Waals surface area contributed by atoms with Crippen LogP contribution >= 0.6 is 11.8 Å². The fraction of sp³-hybridized carbons (Fsp3) is 0.133. The van der Waals surface area contributed by atoms with Crippen LogP contribution in [0.4, 0.5) is 0 Å². The van der Waals surface area contributed by atoms with Crippen molar-refractivity contribution in [3.8, 4) is 5.75 Å². The summed E-state index contributed by atoms with van der Waals surface area (Å²) in [6, 6.07) is 15.3. The molecule has 0 spiro atoms. The van der Waals surface area contributed by atoms with Crippen molar-refractivity contribution >= 4 is 17.7 Å². The zero-order chi connectivity index (χ0) is 14.4. The van der Waals surface area contributed by atoms with Crippen molar-refractivity contribution in [1.29, 1.82) is 0 Å². The van der Waals surface area contributed by atoms with E-state index in [4.69, 9.17) is 10.6 Å². The third-order valence-electron chi connectivity index (χ3n) is 2.79. The lowest BCUT2D eigenvalue weighted by molar-refractivity contribution is 0.0953. The van der Waals surface area contributed by atoms with Crippen LogP contribution in [0.3, 0.4) is 0 Å². The molecule has 0 bridgehead atoms. The van der Waals surface area contributed by atoms with Crippen LogP contribution in [-0.4, -0.2) is 13.0 Å². The Morgan fingerprint density at radius 3 is 2.65 bits per heavy atom. The van der Waals surface area contributed by atoms with Gasteiger partial charge in [0.1, 0.15) is 5.75 Å². The van der Waals surface area contributed by atoms with Crippen LogP contribution in [0.2, 0.25) is 0 Å². The number of carbonyl (C=O) groups excluding carboxylic acids is 1. The van der Waals surface area contributed by atoms with Gasteiger partial charge in [-0.1, -0.05) is 12.1 Å². The van der Waals surface area contributed by atoms with E-state index in [0.29, 0.717) is 5.56 Å². The third kappa shape index (κ3) is 3.76. The molecule has 2 aromatic rings. The quantitative estimate of drug-likeness (QED) is 0.384. The number of nitrogen functional groups attached to an aromatic ring is 1. The predicted molar refractivity (Wildman–Crippen MR) is 80.7 cm³/mol. The normalized spacial score (nSPS) is 10.1. The summed E-state index contributed by atoms with van der Waals surface area (Å²) in [6.45, 7) is 0. The Labute approximate surface area is 122 Å². The molecular weight excluding hydrogens is 272 g/mol. The van der Waals surface area contributed by atoms with Crippen molar-refractivity contribution in [3.63, 3.8) is 0 Å². The van der Waals surface area contributed by atoms with E-state index in [2.05, 4.69) is 5.43 Å². The van der Waals surface area contributed by atoms with Crippen LogP contribution < -0.4 is 16.0 Å². The predicted octanol–water partition coefficient (Wildman–Crippen LogP) is 2.59. The minimum Gasteiger partial charge on any atom is -0.497 e. The largest absolute Gasteiger partial charge is 0.497 e. The second kappa shape index (κ2) is 6.98. The maximum Gasteiger partial charge on any atom is 0.265 e. The highest BCUT2D eigenvalue weighted by atomic mass is 32.2. The van der Waals surface area contributed by atoms with Crippen molar-refractivity contribution in [1.82, 2.24) is 5.43 Å². The van der Waals surface area contributed by atoms with Crippen LogP contribution in [0.1, 0.15) is 15.9 Å². The van der Waals surface area contributed by atoms with Crippen molar-refractivity contribution in [3.05, 3.63) is 59.7 Å². The third-order valence-corrected chi connectivity index (χ3v) is 3.87. The van der Waals surface area contributed by atoms with E-state index >= 15 is 0 Å². The first-order chi connectivity index (χ1) is 9.72. The molecule has 4 nitrogen and oxygen atoms in total. The topological polar surface area (TPSA) is 64.3 Å². The Morgan fingerprint density at radius 1 is 1.25 bits per heavy atom. The number of methoxy groups -OCH3 is 1. The zero-order valence-electron chi connectivity index (χ0n) is 11.1. The van der Waals surface area contributed by atoms with E-state index in [9.17, 15) is 4.79 Å². The van der Waals surface area contributed by atoms with Crippen LogP contribution in [0.5, 0.6) is 5.75 Å². The van der Waals surface area contributed by atoms with Gasteiger partial charge < -0.3 is 4.74 Å². The van der Waals surface area contributed by atoms with Crippen molar-refractivity contribution in [2.75, 3.05) is 7.11 Å². The maximum absolute atomic E-state index is 11.5. The Hall–Kier alpha value is -1.98. The summed E-state index contributed by atoms with van der Waals surface area (Å²) in [5, 5.41) is 0. The molecule has 0 saturated carbocycles. The summed E-state index contributed by atoms with van der Waals surface area (Å²) >= 11 is 1.70. The van der Waals surface area contributed by atoms with Gasteiger partial charge in [0.05, 0.1) is 7.11 Å². The summed E-state index contributed by atoms with van der Waals surface area (Å²) < 4.78 is 5.12. The number of rotatable bonds is 5. The number of hydrogen-bond acceptors (Lipinski definition) is 4. The monoisotopic (exact) mass is 288 g/mol. The zero-order valence-corrected chi connectivity index (χ0v) is 11.9. The smallest absolute Gasteiger partial charge is 0.265 e. The number of ether oxygens (including phenoxy) is 1. The molecule has 2 aromatic carbocycles. The number of hydrazine groups is 1. The summed E-state index contributed by atoms with van der Waals surface area (Å²) in [5.41, 5.74) is 3.78. The lowest BCUT2D eigenvalue weighted by atomic mass is 10.1. The Kier molecular flexibility index (Phi) is 5.03. The summed E-state index contributed by atoms with van der Waals surface area (Å²) in [5.74, 6) is 6.49. The number of amides is 1. The van der Waals surface area contributed by atoms with E-state index in [0.717, 1.165) is 22.0 Å². The first-order valence-electron chi connectivity index (χ1n) is 6.09. The molecule has 0 aliphatic heterocycles. The highest BCUT2D eigenvalue weighted by molar-refractivity contribution is 7.98. The molecule has 3 N–H and O–H groups in total. The van der Waals surface area contributed by atoms with Gasteiger partial charge in [0, 0.05) is 16.2 Å². The molecule has 2 rings (SSSR count). The number of hydrogen-bond donors (Lipinski definition) is 2. The molecule has 0 aromatic heterocycles. The molecule has 0 atom stereocenters. The molecular formula is C15H16N2O2S. The summed E-state index contributed by atoms with van der Waals surface area (Å²) in [6.07, 6.45) is 0. The molecule has 0 aliphatic rings. The van der Waals surface area contributed by atoms with E-state index in [1.54, 1.807) is 24.9 Å². The van der Waals surface area contributed by atoms with Gasteiger partial charge in [0.2, 0.25) is 0 Å². The lowest BCUT2D eigenvalue weighted by Crippen LogP contribution is -2.29. The summed E-state index contributed by atoms with van der Waals surface area (Å²) in [7, 11) is 1.65. The molecule has 0 heterocycles. The highest BCUT2D eigenvalue weighted by Gasteiger charge is 2.04. The molecule has 5 heteroatoms. The van der Waals surface area contributed by atoms with Gasteiger partial charge >= 0.3 is 0 Å². The van der Waals surface area contributed by atoms with Crippen LogP contribution in [0.25, 0.3) is 0 Å². The molecule has 0 saturated heterocycles. The average Bonchev–Trinajstić information content (AvgIpc) is 2.53. The molecule has 0 radical (unpaired) electrons. The molecule has 104 valence electrons. The second-order valence-electron chi connectivity index (χ2n) is 4.14. The Balaban J connectivity index is 2.01. The minimum absolute atomic E-state index is 0.277. The van der Waals surface area contributed by atoms with Gasteiger partial charge in [0.25, 0.3) is 5.91 Å². The van der Waals surface area contributed by atoms with Gasteiger partial charge in [0.15, 0.2) is 0 Å². The van der Waals surface area contributed by atoms with Crippen LogP contribution in [0, 0.1) is 0 Å². The standard InChI is InChI=1S/C15H16N2O2S/c1-19-13-5-7-14(8-6-13)20-10-11-3-2-4-12(9-11)15(18)17-16/h2-9H,10,16H2,1H3,(H,17,18). The fourth-order valence-electron chi connectivity index (χ4n) is 1.72. The molecule has 0 unspecified atom stereocenters. The van der Waals surface area contributed by atoms with Crippen molar-refractivity contribution in [2.45, 2.75) is 10.6 Å². The number of nitrogens with two attached hydrogens (primary N) is 1. The molecule has 1 amide bonds. The molecule has 0 fully saturated rings. The number of benzene rings is 2. The van der Waals surface area contributed by atoms with Gasteiger partial charge in [-0.05, 0) is 42.0 Å². The van der Waals surface area contributed by atoms with E-state index in [-0.39, 0.29) is 5.91 Å². The van der Waals surface area contributed by atoms with Crippen LogP contribution in [-0.2, 0) is 5.75 Å². The minimum atomic E-state index is -0.277. The van der Waals surface area contributed by atoms with Gasteiger partial charge in [-0.25, -0.2) is 5.84 Å². The first-order valence-corrected chi connectivity index (χ1v) is 7.08. The van der Waals surface area contributed by atoms with E-state index in [1.807, 2.05) is 42.5 Å². The molecule has 20 heavy (non-hydrogen) atoms.